The monoisotopic (exact) mass is 239 g/mol. The van der Waals surface area contributed by atoms with Crippen LogP contribution in [0.5, 0.6) is 0 Å². The van der Waals surface area contributed by atoms with Gasteiger partial charge in [0.1, 0.15) is 0 Å². The molecule has 0 aliphatic heterocycles. The lowest BCUT2D eigenvalue weighted by Crippen LogP contribution is -2.41. The lowest BCUT2D eigenvalue weighted by molar-refractivity contribution is -0.198. The van der Waals surface area contributed by atoms with E-state index in [2.05, 4.69) is 0 Å². The molecule has 94 valence electrons. The first-order valence-corrected chi connectivity index (χ1v) is 5.29. The SMILES string of the molecule is Cc1ccc(CON(C)[C@@H](CO)C(=O)O)cc1. The van der Waals surface area contributed by atoms with Gasteiger partial charge in [0.2, 0.25) is 0 Å². The maximum absolute atomic E-state index is 10.7. The predicted molar refractivity (Wildman–Crippen MR) is 62.2 cm³/mol. The van der Waals surface area contributed by atoms with E-state index >= 15 is 0 Å². The molecule has 0 spiro atoms. The molecule has 2 N–H and O–H groups in total. The minimum atomic E-state index is -1.11. The Bertz CT molecular complexity index is 363. The summed E-state index contributed by atoms with van der Waals surface area (Å²) in [4.78, 5) is 16.0. The Labute approximate surface area is 100 Å². The van der Waals surface area contributed by atoms with Crippen molar-refractivity contribution in [3.63, 3.8) is 0 Å². The molecule has 1 aromatic carbocycles. The van der Waals surface area contributed by atoms with Crippen LogP contribution in [0.15, 0.2) is 24.3 Å². The van der Waals surface area contributed by atoms with Gasteiger partial charge >= 0.3 is 5.97 Å². The van der Waals surface area contributed by atoms with Gasteiger partial charge in [-0.2, -0.15) is 5.06 Å². The van der Waals surface area contributed by atoms with Crippen LogP contribution in [0.25, 0.3) is 0 Å². The van der Waals surface area contributed by atoms with E-state index in [1.54, 1.807) is 0 Å². The highest BCUT2D eigenvalue weighted by molar-refractivity contribution is 5.73. The number of nitrogens with zero attached hydrogens (tertiary/aromatic N) is 1. The smallest absolute Gasteiger partial charge is 0.325 e. The second-order valence-electron chi connectivity index (χ2n) is 3.84. The fourth-order valence-corrected chi connectivity index (χ4v) is 1.30. The van der Waals surface area contributed by atoms with E-state index in [1.165, 1.54) is 7.05 Å². The lowest BCUT2D eigenvalue weighted by Gasteiger charge is -2.22. The van der Waals surface area contributed by atoms with Crippen LogP contribution >= 0.6 is 0 Å². The maximum Gasteiger partial charge on any atom is 0.325 e. The van der Waals surface area contributed by atoms with E-state index in [1.807, 2.05) is 31.2 Å². The molecule has 17 heavy (non-hydrogen) atoms. The molecule has 0 saturated carbocycles. The molecule has 0 aliphatic carbocycles. The Kier molecular flexibility index (Phi) is 5.09. The standard InChI is InChI=1S/C12H17NO4/c1-9-3-5-10(6-4-9)8-17-13(2)11(7-14)12(15)16/h3-6,11,14H,7-8H2,1-2H3,(H,15,16)/t11-/m0/s1. The number of hydrogen-bond acceptors (Lipinski definition) is 4. The summed E-state index contributed by atoms with van der Waals surface area (Å²) in [6, 6.07) is 6.70. The topological polar surface area (TPSA) is 70.0 Å². The molecular weight excluding hydrogens is 222 g/mol. The van der Waals surface area contributed by atoms with Gasteiger partial charge in [0, 0.05) is 7.05 Å². The van der Waals surface area contributed by atoms with Gasteiger partial charge in [-0.1, -0.05) is 29.8 Å². The molecule has 1 atom stereocenters. The largest absolute Gasteiger partial charge is 0.480 e. The Balaban J connectivity index is 2.49. The van der Waals surface area contributed by atoms with Gasteiger partial charge in [0.15, 0.2) is 6.04 Å². The molecule has 0 heterocycles. The second kappa shape index (κ2) is 6.34. The molecule has 0 saturated heterocycles. The fourth-order valence-electron chi connectivity index (χ4n) is 1.30. The van der Waals surface area contributed by atoms with E-state index in [-0.39, 0.29) is 6.61 Å². The van der Waals surface area contributed by atoms with Crippen LogP contribution in [-0.4, -0.2) is 40.9 Å². The average molecular weight is 239 g/mol. The van der Waals surface area contributed by atoms with Crippen molar-refractivity contribution in [2.24, 2.45) is 0 Å². The van der Waals surface area contributed by atoms with Crippen LogP contribution in [0, 0.1) is 6.92 Å². The van der Waals surface area contributed by atoms with Crippen molar-refractivity contribution in [2.45, 2.75) is 19.6 Å². The molecule has 1 rings (SSSR count). The number of carboxylic acids is 1. The second-order valence-corrected chi connectivity index (χ2v) is 3.84. The van der Waals surface area contributed by atoms with Crippen molar-refractivity contribution in [2.75, 3.05) is 13.7 Å². The van der Waals surface area contributed by atoms with Crippen LogP contribution in [0.4, 0.5) is 0 Å². The Morgan fingerprint density at radius 2 is 2.00 bits per heavy atom. The Hall–Kier alpha value is -1.43. The molecule has 0 unspecified atom stereocenters. The maximum atomic E-state index is 10.7. The number of hydrogen-bond donors (Lipinski definition) is 2. The van der Waals surface area contributed by atoms with Gasteiger partial charge in [-0.15, -0.1) is 0 Å². The summed E-state index contributed by atoms with van der Waals surface area (Å²) in [5.74, 6) is -1.11. The highest BCUT2D eigenvalue weighted by Crippen LogP contribution is 2.07. The van der Waals surface area contributed by atoms with Crippen molar-refractivity contribution in [1.82, 2.24) is 5.06 Å². The van der Waals surface area contributed by atoms with Crippen LogP contribution in [-0.2, 0) is 16.2 Å². The number of aliphatic hydroxyl groups is 1. The third-order valence-corrected chi connectivity index (χ3v) is 2.45. The normalized spacial score (nSPS) is 12.7. The summed E-state index contributed by atoms with van der Waals surface area (Å²) in [6.07, 6.45) is 0. The number of likely N-dealkylation sites (N-methyl/N-ethyl adjacent to an activating group) is 1. The molecule has 5 heteroatoms. The van der Waals surface area contributed by atoms with Crippen molar-refractivity contribution in [1.29, 1.82) is 0 Å². The first-order chi connectivity index (χ1) is 8.04. The van der Waals surface area contributed by atoms with Crippen molar-refractivity contribution in [3.8, 4) is 0 Å². The first kappa shape index (κ1) is 13.6. The molecule has 0 bridgehead atoms. The highest BCUT2D eigenvalue weighted by Gasteiger charge is 2.22. The molecule has 0 aliphatic rings. The molecule has 1 aromatic rings. The lowest BCUT2D eigenvalue weighted by atomic mass is 10.2. The van der Waals surface area contributed by atoms with Gasteiger partial charge in [-0.3, -0.25) is 9.63 Å². The third-order valence-electron chi connectivity index (χ3n) is 2.45. The summed E-state index contributed by atoms with van der Waals surface area (Å²) in [5, 5.41) is 18.8. The van der Waals surface area contributed by atoms with E-state index in [4.69, 9.17) is 15.1 Å². The zero-order valence-electron chi connectivity index (χ0n) is 9.96. The summed E-state index contributed by atoms with van der Waals surface area (Å²) >= 11 is 0. The molecule has 0 amide bonds. The quantitative estimate of drug-likeness (QED) is 0.719. The van der Waals surface area contributed by atoms with Crippen LogP contribution in [0.1, 0.15) is 11.1 Å². The van der Waals surface area contributed by atoms with Gasteiger partial charge in [0.25, 0.3) is 0 Å². The van der Waals surface area contributed by atoms with Crippen LogP contribution < -0.4 is 0 Å². The van der Waals surface area contributed by atoms with Gasteiger partial charge in [-0.25, -0.2) is 0 Å². The minimum absolute atomic E-state index is 0.278. The van der Waals surface area contributed by atoms with Gasteiger partial charge in [-0.05, 0) is 12.5 Å². The molecule has 0 radical (unpaired) electrons. The number of aryl methyl sites for hydroxylation is 1. The zero-order valence-corrected chi connectivity index (χ0v) is 9.96. The third kappa shape index (κ3) is 4.14. The predicted octanol–water partition coefficient (Wildman–Crippen LogP) is 0.804. The Morgan fingerprint density at radius 3 is 2.47 bits per heavy atom. The number of benzene rings is 1. The molecule has 5 nitrogen and oxygen atoms in total. The van der Waals surface area contributed by atoms with Crippen LogP contribution in [0.3, 0.4) is 0 Å². The molecule has 0 fully saturated rings. The van der Waals surface area contributed by atoms with Crippen molar-refractivity contribution in [3.05, 3.63) is 35.4 Å². The van der Waals surface area contributed by atoms with Crippen LogP contribution in [0.2, 0.25) is 0 Å². The summed E-state index contributed by atoms with van der Waals surface area (Å²) in [6.45, 7) is 1.78. The zero-order chi connectivity index (χ0) is 12.8. The summed E-state index contributed by atoms with van der Waals surface area (Å²) < 4.78 is 0. The van der Waals surface area contributed by atoms with Crippen molar-refractivity contribution < 1.29 is 19.8 Å². The first-order valence-electron chi connectivity index (χ1n) is 5.29. The minimum Gasteiger partial charge on any atom is -0.480 e. The fraction of sp³-hybridized carbons (Fsp3) is 0.417. The van der Waals surface area contributed by atoms with E-state index < -0.39 is 18.6 Å². The number of carboxylic acid groups (broad SMARTS) is 1. The van der Waals surface area contributed by atoms with Crippen molar-refractivity contribution >= 4 is 5.97 Å². The number of aliphatic carboxylic acids is 1. The number of aliphatic hydroxyl groups excluding tert-OH is 1. The van der Waals surface area contributed by atoms with Gasteiger partial charge < -0.3 is 10.2 Å². The average Bonchev–Trinajstić information content (AvgIpc) is 2.28. The van der Waals surface area contributed by atoms with Gasteiger partial charge in [0.05, 0.1) is 13.2 Å². The summed E-state index contributed by atoms with van der Waals surface area (Å²) in [5.41, 5.74) is 2.10. The van der Waals surface area contributed by atoms with E-state index in [9.17, 15) is 4.79 Å². The number of rotatable bonds is 6. The van der Waals surface area contributed by atoms with E-state index in [0.717, 1.165) is 16.2 Å². The van der Waals surface area contributed by atoms with E-state index in [0.29, 0.717) is 0 Å². The molecule has 0 aromatic heterocycles. The summed E-state index contributed by atoms with van der Waals surface area (Å²) in [7, 11) is 1.49. The number of carbonyl (C=O) groups is 1. The Morgan fingerprint density at radius 1 is 1.41 bits per heavy atom. The number of hydroxylamine groups is 2. The molecular formula is C12H17NO4. The highest BCUT2D eigenvalue weighted by atomic mass is 16.7.